The largest absolute Gasteiger partial charge is 0.466 e. The molecular formula is C26H31ClN4O3. The third kappa shape index (κ3) is 6.60. The lowest BCUT2D eigenvalue weighted by atomic mass is 9.92. The highest BCUT2D eigenvalue weighted by atomic mass is 35.5. The van der Waals surface area contributed by atoms with Crippen LogP contribution in [0.5, 0.6) is 0 Å². The smallest absolute Gasteiger partial charge is 0.324 e. The molecule has 0 saturated carbocycles. The monoisotopic (exact) mass is 482 g/mol. The van der Waals surface area contributed by atoms with Crippen LogP contribution in [0.4, 0.5) is 16.3 Å². The molecule has 1 unspecified atom stereocenters. The van der Waals surface area contributed by atoms with Crippen molar-refractivity contribution in [3.05, 3.63) is 70.9 Å². The normalized spacial score (nSPS) is 12.2. The Bertz CT molecular complexity index is 1130. The molecule has 2 amide bonds. The van der Waals surface area contributed by atoms with Crippen LogP contribution in [-0.2, 0) is 21.4 Å². The number of carbonyl (C=O) groups excluding carboxylic acids is 2. The first-order valence-corrected chi connectivity index (χ1v) is 11.6. The second kappa shape index (κ2) is 10.7. The number of amides is 2. The van der Waals surface area contributed by atoms with Gasteiger partial charge in [-0.3, -0.25) is 10.1 Å². The quantitative estimate of drug-likeness (QED) is 0.392. The molecule has 1 atom stereocenters. The van der Waals surface area contributed by atoms with Crippen LogP contribution in [-0.4, -0.2) is 28.4 Å². The average molecular weight is 483 g/mol. The summed E-state index contributed by atoms with van der Waals surface area (Å²) in [5.41, 5.74) is 3.08. The minimum atomic E-state index is -0.385. The Morgan fingerprint density at radius 1 is 1.06 bits per heavy atom. The highest BCUT2D eigenvalue weighted by Gasteiger charge is 2.22. The van der Waals surface area contributed by atoms with E-state index in [1.165, 1.54) is 0 Å². The van der Waals surface area contributed by atoms with E-state index in [2.05, 4.69) is 31.4 Å². The zero-order valence-electron chi connectivity index (χ0n) is 20.2. The number of carbonyl (C=O) groups is 2. The molecule has 0 fully saturated rings. The van der Waals surface area contributed by atoms with Gasteiger partial charge in [0.2, 0.25) is 0 Å². The Balaban J connectivity index is 1.81. The van der Waals surface area contributed by atoms with Gasteiger partial charge in [-0.25, -0.2) is 9.48 Å². The van der Waals surface area contributed by atoms with Crippen LogP contribution < -0.4 is 10.6 Å². The molecular weight excluding hydrogens is 452 g/mol. The Morgan fingerprint density at radius 2 is 1.71 bits per heavy atom. The third-order valence-electron chi connectivity index (χ3n) is 5.23. The summed E-state index contributed by atoms with van der Waals surface area (Å²) < 4.78 is 6.81. The maximum absolute atomic E-state index is 12.7. The fraction of sp³-hybridized carbons (Fsp3) is 0.346. The minimum absolute atomic E-state index is 0.202. The van der Waals surface area contributed by atoms with Crippen molar-refractivity contribution in [3.8, 4) is 5.69 Å². The van der Waals surface area contributed by atoms with Crippen LogP contribution in [0, 0.1) is 5.92 Å². The van der Waals surface area contributed by atoms with Crippen molar-refractivity contribution in [2.45, 2.75) is 46.5 Å². The molecule has 1 aromatic heterocycles. The van der Waals surface area contributed by atoms with Gasteiger partial charge in [0, 0.05) is 22.2 Å². The van der Waals surface area contributed by atoms with Crippen molar-refractivity contribution in [3.63, 3.8) is 0 Å². The number of ether oxygens (including phenoxy) is 1. The number of hydrogen-bond donors (Lipinski definition) is 2. The van der Waals surface area contributed by atoms with Crippen molar-refractivity contribution in [2.24, 2.45) is 5.92 Å². The summed E-state index contributed by atoms with van der Waals surface area (Å²) in [5, 5.41) is 11.0. The fourth-order valence-electron chi connectivity index (χ4n) is 3.34. The Morgan fingerprint density at radius 3 is 2.29 bits per heavy atom. The van der Waals surface area contributed by atoms with E-state index in [0.29, 0.717) is 29.6 Å². The fourth-order valence-corrected chi connectivity index (χ4v) is 3.47. The summed E-state index contributed by atoms with van der Waals surface area (Å²) in [5.74, 6) is 0.118. The zero-order valence-corrected chi connectivity index (χ0v) is 20.9. The Hall–Kier alpha value is -3.32. The number of rotatable bonds is 7. The van der Waals surface area contributed by atoms with E-state index in [1.807, 2.05) is 37.3 Å². The van der Waals surface area contributed by atoms with Gasteiger partial charge in [0.25, 0.3) is 0 Å². The predicted molar refractivity (Wildman–Crippen MR) is 136 cm³/mol. The lowest BCUT2D eigenvalue weighted by molar-refractivity contribution is -0.147. The molecule has 0 bridgehead atoms. The van der Waals surface area contributed by atoms with Gasteiger partial charge >= 0.3 is 12.0 Å². The number of aromatic nitrogens is 2. The van der Waals surface area contributed by atoms with Crippen molar-refractivity contribution in [2.75, 3.05) is 17.2 Å². The number of hydrogen-bond acceptors (Lipinski definition) is 4. The first kappa shape index (κ1) is 25.3. The summed E-state index contributed by atoms with van der Waals surface area (Å²) in [4.78, 5) is 24.6. The van der Waals surface area contributed by atoms with E-state index in [0.717, 1.165) is 16.9 Å². The lowest BCUT2D eigenvalue weighted by Crippen LogP contribution is -2.21. The summed E-state index contributed by atoms with van der Waals surface area (Å²) in [6.45, 7) is 10.2. The summed E-state index contributed by atoms with van der Waals surface area (Å²) >= 11 is 5.92. The molecule has 0 saturated heterocycles. The third-order valence-corrected chi connectivity index (χ3v) is 5.49. The summed E-state index contributed by atoms with van der Waals surface area (Å²) in [6.07, 6.45) is 0.583. The molecule has 2 N–H and O–H groups in total. The molecule has 2 aromatic carbocycles. The molecule has 0 aliphatic heterocycles. The average Bonchev–Trinajstić information content (AvgIpc) is 3.20. The summed E-state index contributed by atoms with van der Waals surface area (Å²) in [7, 11) is 0. The zero-order chi connectivity index (χ0) is 24.9. The van der Waals surface area contributed by atoms with Crippen LogP contribution in [0.2, 0.25) is 5.02 Å². The highest BCUT2D eigenvalue weighted by Crippen LogP contribution is 2.27. The Kier molecular flexibility index (Phi) is 7.99. The second-order valence-corrected chi connectivity index (χ2v) is 9.62. The van der Waals surface area contributed by atoms with Crippen molar-refractivity contribution in [1.82, 2.24) is 9.78 Å². The van der Waals surface area contributed by atoms with E-state index >= 15 is 0 Å². The van der Waals surface area contributed by atoms with Crippen molar-refractivity contribution in [1.29, 1.82) is 0 Å². The number of halogens is 1. The number of nitrogens with zero attached hydrogens (tertiary/aromatic N) is 2. The van der Waals surface area contributed by atoms with Gasteiger partial charge in [-0.1, -0.05) is 51.4 Å². The van der Waals surface area contributed by atoms with Crippen LogP contribution >= 0.6 is 11.6 Å². The topological polar surface area (TPSA) is 85.2 Å². The first-order valence-electron chi connectivity index (χ1n) is 11.3. The van der Waals surface area contributed by atoms with Crippen LogP contribution in [0.25, 0.3) is 5.69 Å². The number of esters is 1. The molecule has 180 valence electrons. The molecule has 0 aliphatic rings. The molecule has 8 heteroatoms. The van der Waals surface area contributed by atoms with E-state index in [-0.39, 0.29) is 23.3 Å². The maximum Gasteiger partial charge on any atom is 0.324 e. The number of benzene rings is 2. The van der Waals surface area contributed by atoms with Gasteiger partial charge < -0.3 is 10.1 Å². The van der Waals surface area contributed by atoms with Crippen LogP contribution in [0.3, 0.4) is 0 Å². The first-order chi connectivity index (χ1) is 16.1. The maximum atomic E-state index is 12.7. The van der Waals surface area contributed by atoms with Gasteiger partial charge in [-0.05, 0) is 55.3 Å². The number of urea groups is 1. The lowest BCUT2D eigenvalue weighted by Gasteiger charge is -2.14. The minimum Gasteiger partial charge on any atom is -0.466 e. The molecule has 1 heterocycles. The van der Waals surface area contributed by atoms with Crippen molar-refractivity contribution >= 4 is 35.1 Å². The van der Waals surface area contributed by atoms with Crippen LogP contribution in [0.1, 0.15) is 45.9 Å². The van der Waals surface area contributed by atoms with E-state index in [9.17, 15) is 9.59 Å². The number of anilines is 2. The predicted octanol–water partition coefficient (Wildman–Crippen LogP) is 6.21. The Labute approximate surface area is 205 Å². The number of nitrogens with one attached hydrogen (secondary N) is 2. The van der Waals surface area contributed by atoms with E-state index in [1.54, 1.807) is 35.9 Å². The standard InChI is InChI=1S/C26H31ClN4O3/c1-6-34-24(32)17(2)15-18-7-13-21(14-8-18)31-23(16-22(30-31)26(3,4)5)29-25(33)28-20-11-9-19(27)10-12-20/h7-14,16-17H,6,15H2,1-5H3,(H2,28,29,33). The molecule has 34 heavy (non-hydrogen) atoms. The molecule has 0 aliphatic carbocycles. The van der Waals surface area contributed by atoms with Gasteiger partial charge in [-0.2, -0.15) is 5.10 Å². The van der Waals surface area contributed by atoms with Crippen molar-refractivity contribution < 1.29 is 14.3 Å². The molecule has 3 rings (SSSR count). The second-order valence-electron chi connectivity index (χ2n) is 9.19. The molecule has 0 radical (unpaired) electrons. The van der Waals surface area contributed by atoms with Gasteiger partial charge in [0.1, 0.15) is 5.82 Å². The SMILES string of the molecule is CCOC(=O)C(C)Cc1ccc(-n2nc(C(C)(C)C)cc2NC(=O)Nc2ccc(Cl)cc2)cc1. The van der Waals surface area contributed by atoms with E-state index in [4.69, 9.17) is 21.4 Å². The molecule has 7 nitrogen and oxygen atoms in total. The molecule has 3 aromatic rings. The molecule has 0 spiro atoms. The van der Waals surface area contributed by atoms with Gasteiger partial charge in [0.15, 0.2) is 0 Å². The highest BCUT2D eigenvalue weighted by molar-refractivity contribution is 6.30. The summed E-state index contributed by atoms with van der Waals surface area (Å²) in [6, 6.07) is 16.1. The van der Waals surface area contributed by atoms with Gasteiger partial charge in [0.05, 0.1) is 23.9 Å². The van der Waals surface area contributed by atoms with Crippen LogP contribution in [0.15, 0.2) is 54.6 Å². The van der Waals surface area contributed by atoms with E-state index < -0.39 is 0 Å². The van der Waals surface area contributed by atoms with Gasteiger partial charge in [-0.15, -0.1) is 0 Å².